The van der Waals surface area contributed by atoms with Crippen LogP contribution in [0.15, 0.2) is 6.07 Å². The van der Waals surface area contributed by atoms with Gasteiger partial charge in [0.2, 0.25) is 5.91 Å². The molecule has 1 aromatic rings. The highest BCUT2D eigenvalue weighted by Gasteiger charge is 2.30. The highest BCUT2D eigenvalue weighted by molar-refractivity contribution is 5.78. The second-order valence-corrected chi connectivity index (χ2v) is 8.42. The third kappa shape index (κ3) is 4.82. The number of nitrogens with zero attached hydrogens (tertiary/aromatic N) is 2. The average Bonchev–Trinajstić information content (AvgIpc) is 3.10. The predicted octanol–water partition coefficient (Wildman–Crippen LogP) is 2.21. The SMILES string of the molecule is CC(C)(C)c1cc(CNC(=O)[C@@H]2CCCN(C3CCOCC3)C2)[nH]n1. The molecule has 140 valence electrons. The summed E-state index contributed by atoms with van der Waals surface area (Å²) in [6.45, 7) is 10.6. The van der Waals surface area contributed by atoms with Gasteiger partial charge in [0.15, 0.2) is 0 Å². The molecule has 0 bridgehead atoms. The molecule has 2 N–H and O–H groups in total. The lowest BCUT2D eigenvalue weighted by atomic mass is 9.92. The molecule has 1 amide bonds. The molecule has 0 aromatic carbocycles. The van der Waals surface area contributed by atoms with Crippen molar-refractivity contribution in [1.82, 2.24) is 20.4 Å². The number of aromatic amines is 1. The van der Waals surface area contributed by atoms with Crippen LogP contribution in [-0.2, 0) is 21.5 Å². The molecule has 25 heavy (non-hydrogen) atoms. The Kier molecular flexibility index (Phi) is 5.79. The summed E-state index contributed by atoms with van der Waals surface area (Å²) < 4.78 is 5.46. The van der Waals surface area contributed by atoms with Gasteiger partial charge in [-0.3, -0.25) is 14.8 Å². The number of likely N-dealkylation sites (tertiary alicyclic amines) is 1. The number of hydrogen-bond acceptors (Lipinski definition) is 4. The van der Waals surface area contributed by atoms with Gasteiger partial charge >= 0.3 is 0 Å². The Morgan fingerprint density at radius 2 is 2.12 bits per heavy atom. The zero-order chi connectivity index (χ0) is 17.9. The van der Waals surface area contributed by atoms with Crippen molar-refractivity contribution in [3.05, 3.63) is 17.5 Å². The Morgan fingerprint density at radius 1 is 1.36 bits per heavy atom. The molecule has 0 saturated carbocycles. The zero-order valence-electron chi connectivity index (χ0n) is 15.8. The van der Waals surface area contributed by atoms with E-state index in [9.17, 15) is 4.79 Å². The molecular formula is C19H32N4O2. The molecule has 1 atom stereocenters. The lowest BCUT2D eigenvalue weighted by molar-refractivity contribution is -0.127. The number of aromatic nitrogens is 2. The first-order valence-electron chi connectivity index (χ1n) is 9.58. The first-order chi connectivity index (χ1) is 11.9. The molecule has 0 unspecified atom stereocenters. The minimum atomic E-state index is 0.0202. The lowest BCUT2D eigenvalue weighted by Crippen LogP contribution is -2.48. The van der Waals surface area contributed by atoms with E-state index < -0.39 is 0 Å². The molecule has 6 heteroatoms. The number of ether oxygens (including phenoxy) is 1. The van der Waals surface area contributed by atoms with Gasteiger partial charge in [0.25, 0.3) is 0 Å². The molecule has 1 aromatic heterocycles. The topological polar surface area (TPSA) is 70.2 Å². The van der Waals surface area contributed by atoms with Gasteiger partial charge in [-0.05, 0) is 38.3 Å². The molecule has 0 aliphatic carbocycles. The molecule has 3 heterocycles. The largest absolute Gasteiger partial charge is 0.381 e. The minimum Gasteiger partial charge on any atom is -0.381 e. The number of H-pyrrole nitrogens is 1. The third-order valence-electron chi connectivity index (χ3n) is 5.38. The van der Waals surface area contributed by atoms with Gasteiger partial charge in [-0.1, -0.05) is 20.8 Å². The van der Waals surface area contributed by atoms with Crippen LogP contribution in [0.5, 0.6) is 0 Å². The van der Waals surface area contributed by atoms with E-state index in [1.165, 1.54) is 0 Å². The Hall–Kier alpha value is -1.40. The van der Waals surface area contributed by atoms with Crippen LogP contribution in [0.25, 0.3) is 0 Å². The standard InChI is InChI=1S/C19H32N4O2/c1-19(2,3)17-11-15(21-22-17)12-20-18(24)14-5-4-8-23(13-14)16-6-9-25-10-7-16/h11,14,16H,4-10,12-13H2,1-3H3,(H,20,24)(H,21,22)/t14-/m1/s1. The second-order valence-electron chi connectivity index (χ2n) is 8.42. The fourth-order valence-electron chi connectivity index (χ4n) is 3.77. The van der Waals surface area contributed by atoms with Crippen LogP contribution in [0.4, 0.5) is 0 Å². The summed E-state index contributed by atoms with van der Waals surface area (Å²) in [5.41, 5.74) is 2.02. The van der Waals surface area contributed by atoms with Crippen LogP contribution in [0.3, 0.4) is 0 Å². The number of carbonyl (C=O) groups excluding carboxylic acids is 1. The smallest absolute Gasteiger partial charge is 0.224 e. The summed E-state index contributed by atoms with van der Waals surface area (Å²) in [6.07, 6.45) is 4.28. The van der Waals surface area contributed by atoms with Crippen LogP contribution in [0.2, 0.25) is 0 Å². The van der Waals surface area contributed by atoms with Gasteiger partial charge in [-0.25, -0.2) is 0 Å². The van der Waals surface area contributed by atoms with Crippen LogP contribution in [0, 0.1) is 5.92 Å². The van der Waals surface area contributed by atoms with E-state index in [1.807, 2.05) is 0 Å². The van der Waals surface area contributed by atoms with Crippen molar-refractivity contribution in [3.8, 4) is 0 Å². The quantitative estimate of drug-likeness (QED) is 0.875. The van der Waals surface area contributed by atoms with Crippen LogP contribution >= 0.6 is 0 Å². The molecule has 2 saturated heterocycles. The van der Waals surface area contributed by atoms with Gasteiger partial charge in [0.05, 0.1) is 23.9 Å². The van der Waals surface area contributed by atoms with Crippen molar-refractivity contribution in [1.29, 1.82) is 0 Å². The van der Waals surface area contributed by atoms with Crippen molar-refractivity contribution >= 4 is 5.91 Å². The first-order valence-corrected chi connectivity index (χ1v) is 9.58. The maximum Gasteiger partial charge on any atom is 0.224 e. The summed E-state index contributed by atoms with van der Waals surface area (Å²) in [5, 5.41) is 10.5. The van der Waals surface area contributed by atoms with Crippen molar-refractivity contribution in [2.45, 2.75) is 64.5 Å². The van der Waals surface area contributed by atoms with E-state index >= 15 is 0 Å². The molecule has 2 fully saturated rings. The number of piperidine rings is 1. The minimum absolute atomic E-state index is 0.0202. The summed E-state index contributed by atoms with van der Waals surface area (Å²) >= 11 is 0. The Balaban J connectivity index is 1.49. The van der Waals surface area contributed by atoms with Crippen LogP contribution in [-0.4, -0.2) is 53.3 Å². The number of rotatable bonds is 4. The summed E-state index contributed by atoms with van der Waals surface area (Å²) in [7, 11) is 0. The van der Waals surface area contributed by atoms with Crippen molar-refractivity contribution in [2.75, 3.05) is 26.3 Å². The molecule has 0 spiro atoms. The van der Waals surface area contributed by atoms with Crippen molar-refractivity contribution in [2.24, 2.45) is 5.92 Å². The maximum atomic E-state index is 12.6. The van der Waals surface area contributed by atoms with Crippen LogP contribution < -0.4 is 5.32 Å². The number of carbonyl (C=O) groups is 1. The van der Waals surface area contributed by atoms with E-state index in [1.54, 1.807) is 0 Å². The number of amides is 1. The van der Waals surface area contributed by atoms with Crippen LogP contribution in [0.1, 0.15) is 57.8 Å². The Bertz CT molecular complexity index is 572. The number of hydrogen-bond donors (Lipinski definition) is 2. The van der Waals surface area contributed by atoms with E-state index in [0.717, 1.165) is 63.4 Å². The normalized spacial score (nSPS) is 23.6. The highest BCUT2D eigenvalue weighted by Crippen LogP contribution is 2.23. The first kappa shape index (κ1) is 18.4. The van der Waals surface area contributed by atoms with Gasteiger partial charge in [0.1, 0.15) is 0 Å². The lowest BCUT2D eigenvalue weighted by Gasteiger charge is -2.39. The third-order valence-corrected chi connectivity index (χ3v) is 5.38. The Morgan fingerprint density at radius 3 is 2.80 bits per heavy atom. The fourth-order valence-corrected chi connectivity index (χ4v) is 3.77. The summed E-state index contributed by atoms with van der Waals surface area (Å²) in [5.74, 6) is 0.269. The average molecular weight is 348 g/mol. The highest BCUT2D eigenvalue weighted by atomic mass is 16.5. The van der Waals surface area contributed by atoms with Crippen molar-refractivity contribution < 1.29 is 9.53 Å². The van der Waals surface area contributed by atoms with Gasteiger partial charge < -0.3 is 10.1 Å². The van der Waals surface area contributed by atoms with Gasteiger partial charge in [-0.2, -0.15) is 5.10 Å². The number of nitrogens with one attached hydrogen (secondary N) is 2. The summed E-state index contributed by atoms with van der Waals surface area (Å²) in [6, 6.07) is 2.64. The fraction of sp³-hybridized carbons (Fsp3) is 0.789. The maximum absolute atomic E-state index is 12.6. The zero-order valence-corrected chi connectivity index (χ0v) is 15.8. The van der Waals surface area contributed by atoms with E-state index in [2.05, 4.69) is 47.3 Å². The van der Waals surface area contributed by atoms with Gasteiger partial charge in [-0.15, -0.1) is 0 Å². The Labute approximate surface area is 150 Å². The van der Waals surface area contributed by atoms with E-state index in [0.29, 0.717) is 12.6 Å². The monoisotopic (exact) mass is 348 g/mol. The molecular weight excluding hydrogens is 316 g/mol. The second kappa shape index (κ2) is 7.87. The predicted molar refractivity (Wildman–Crippen MR) is 97.3 cm³/mol. The molecule has 0 radical (unpaired) electrons. The van der Waals surface area contributed by atoms with Gasteiger partial charge in [0, 0.05) is 31.2 Å². The van der Waals surface area contributed by atoms with E-state index in [4.69, 9.17) is 4.74 Å². The molecule has 2 aliphatic heterocycles. The molecule has 6 nitrogen and oxygen atoms in total. The molecule has 3 rings (SSSR count). The summed E-state index contributed by atoms with van der Waals surface area (Å²) in [4.78, 5) is 15.1. The van der Waals surface area contributed by atoms with Crippen molar-refractivity contribution in [3.63, 3.8) is 0 Å². The molecule has 2 aliphatic rings. The van der Waals surface area contributed by atoms with E-state index in [-0.39, 0.29) is 17.2 Å².